The van der Waals surface area contributed by atoms with Crippen LogP contribution in [0.15, 0.2) is 67.3 Å². The number of hydrogen-bond acceptors (Lipinski definition) is 3. The van der Waals surface area contributed by atoms with Gasteiger partial charge in [0.1, 0.15) is 5.75 Å². The van der Waals surface area contributed by atoms with E-state index in [1.54, 1.807) is 19.5 Å². The van der Waals surface area contributed by atoms with Crippen molar-refractivity contribution in [1.82, 2.24) is 9.97 Å². The summed E-state index contributed by atoms with van der Waals surface area (Å²) in [6, 6.07) is 14.1. The zero-order valence-electron chi connectivity index (χ0n) is 11.2. The lowest BCUT2D eigenvalue weighted by Gasteiger charge is -2.09. The van der Waals surface area contributed by atoms with Crippen molar-refractivity contribution in [2.24, 2.45) is 0 Å². The van der Waals surface area contributed by atoms with E-state index in [2.05, 4.69) is 16.0 Å². The number of nitrogens with zero attached hydrogens (tertiary/aromatic N) is 2. The molecule has 1 aromatic carbocycles. The van der Waals surface area contributed by atoms with E-state index >= 15 is 0 Å². The van der Waals surface area contributed by atoms with E-state index in [4.69, 9.17) is 4.74 Å². The van der Waals surface area contributed by atoms with Gasteiger partial charge >= 0.3 is 0 Å². The predicted molar refractivity (Wildman–Crippen MR) is 79.5 cm³/mol. The van der Waals surface area contributed by atoms with Crippen molar-refractivity contribution in [3.05, 3.63) is 67.3 Å². The molecule has 3 heteroatoms. The molecule has 0 spiro atoms. The van der Waals surface area contributed by atoms with E-state index < -0.39 is 0 Å². The lowest BCUT2D eigenvalue weighted by atomic mass is 10.0. The van der Waals surface area contributed by atoms with Crippen LogP contribution in [0.1, 0.15) is 0 Å². The highest BCUT2D eigenvalue weighted by molar-refractivity contribution is 5.74. The fraction of sp³-hybridized carbons (Fsp3) is 0.0588. The summed E-state index contributed by atoms with van der Waals surface area (Å²) in [5.41, 5.74) is 4.29. The van der Waals surface area contributed by atoms with Gasteiger partial charge in [-0.15, -0.1) is 0 Å². The maximum atomic E-state index is 5.40. The summed E-state index contributed by atoms with van der Waals surface area (Å²) in [4.78, 5) is 8.33. The van der Waals surface area contributed by atoms with Crippen LogP contribution in [0.3, 0.4) is 0 Å². The van der Waals surface area contributed by atoms with Crippen molar-refractivity contribution in [1.29, 1.82) is 0 Å². The Balaban J connectivity index is 2.13. The standard InChI is InChI=1S/C17H14N2O/c1-20-17-9-15(13-4-2-6-18-11-13)8-16(10-17)14-5-3-7-19-12-14/h2-12H,1H3. The van der Waals surface area contributed by atoms with Crippen LogP contribution in [0.4, 0.5) is 0 Å². The third-order valence-electron chi connectivity index (χ3n) is 3.13. The summed E-state index contributed by atoms with van der Waals surface area (Å²) in [5, 5.41) is 0. The van der Waals surface area contributed by atoms with E-state index in [1.807, 2.05) is 48.8 Å². The van der Waals surface area contributed by atoms with Gasteiger partial charge in [-0.3, -0.25) is 9.97 Å². The molecule has 2 heterocycles. The largest absolute Gasteiger partial charge is 0.497 e. The molecule has 3 aromatic rings. The Morgan fingerprint density at radius 1 is 0.750 bits per heavy atom. The number of rotatable bonds is 3. The van der Waals surface area contributed by atoms with Gasteiger partial charge in [-0.2, -0.15) is 0 Å². The minimum absolute atomic E-state index is 0.824. The molecule has 0 N–H and O–H groups in total. The second kappa shape index (κ2) is 5.53. The maximum Gasteiger partial charge on any atom is 0.120 e. The van der Waals surface area contributed by atoms with Crippen LogP contribution in [0.5, 0.6) is 5.75 Å². The first-order valence-corrected chi connectivity index (χ1v) is 6.37. The second-order valence-corrected chi connectivity index (χ2v) is 4.43. The topological polar surface area (TPSA) is 35.0 Å². The van der Waals surface area contributed by atoms with Gasteiger partial charge in [0, 0.05) is 35.9 Å². The van der Waals surface area contributed by atoms with Crippen molar-refractivity contribution in [3.63, 3.8) is 0 Å². The van der Waals surface area contributed by atoms with Gasteiger partial charge in [0.25, 0.3) is 0 Å². The fourth-order valence-electron chi connectivity index (χ4n) is 2.12. The molecule has 0 bridgehead atoms. The molecule has 0 radical (unpaired) electrons. The molecule has 0 aliphatic heterocycles. The van der Waals surface area contributed by atoms with Gasteiger partial charge in [0.05, 0.1) is 7.11 Å². The molecule has 20 heavy (non-hydrogen) atoms. The average molecular weight is 262 g/mol. The Hall–Kier alpha value is -2.68. The average Bonchev–Trinajstić information content (AvgIpc) is 2.56. The van der Waals surface area contributed by atoms with Crippen LogP contribution in [-0.2, 0) is 0 Å². The molecule has 0 amide bonds. The minimum atomic E-state index is 0.824. The number of ether oxygens (including phenoxy) is 1. The molecule has 0 saturated carbocycles. The van der Waals surface area contributed by atoms with Crippen molar-refractivity contribution >= 4 is 0 Å². The first-order valence-electron chi connectivity index (χ1n) is 6.37. The zero-order chi connectivity index (χ0) is 13.8. The molecule has 2 aromatic heterocycles. The first kappa shape index (κ1) is 12.4. The van der Waals surface area contributed by atoms with Crippen molar-refractivity contribution in [2.45, 2.75) is 0 Å². The number of pyridine rings is 2. The van der Waals surface area contributed by atoms with Crippen molar-refractivity contribution in [2.75, 3.05) is 7.11 Å². The molecule has 0 atom stereocenters. The summed E-state index contributed by atoms with van der Waals surface area (Å²) in [6.07, 6.45) is 7.24. The van der Waals surface area contributed by atoms with Crippen LogP contribution in [0, 0.1) is 0 Å². The van der Waals surface area contributed by atoms with Gasteiger partial charge in [-0.1, -0.05) is 12.1 Å². The Bertz CT molecular complexity index is 639. The van der Waals surface area contributed by atoms with Crippen LogP contribution >= 0.6 is 0 Å². The van der Waals surface area contributed by atoms with Gasteiger partial charge < -0.3 is 4.74 Å². The SMILES string of the molecule is COc1cc(-c2cccnc2)cc(-c2cccnc2)c1. The molecule has 0 unspecified atom stereocenters. The fourth-order valence-corrected chi connectivity index (χ4v) is 2.12. The van der Waals surface area contributed by atoms with Gasteiger partial charge in [0.15, 0.2) is 0 Å². The molecule has 0 saturated heterocycles. The third-order valence-corrected chi connectivity index (χ3v) is 3.13. The van der Waals surface area contributed by atoms with E-state index in [9.17, 15) is 0 Å². The van der Waals surface area contributed by atoms with Crippen molar-refractivity contribution < 1.29 is 4.74 Å². The summed E-state index contributed by atoms with van der Waals surface area (Å²) in [7, 11) is 1.68. The summed E-state index contributed by atoms with van der Waals surface area (Å²) < 4.78 is 5.40. The van der Waals surface area contributed by atoms with Gasteiger partial charge in [-0.25, -0.2) is 0 Å². The molecule has 0 fully saturated rings. The maximum absolute atomic E-state index is 5.40. The molecule has 3 nitrogen and oxygen atoms in total. The summed E-state index contributed by atoms with van der Waals surface area (Å²) >= 11 is 0. The predicted octanol–water partition coefficient (Wildman–Crippen LogP) is 3.82. The quantitative estimate of drug-likeness (QED) is 0.719. The molecular weight excluding hydrogens is 248 g/mol. The zero-order valence-corrected chi connectivity index (χ0v) is 11.2. The second-order valence-electron chi connectivity index (χ2n) is 4.43. The lowest BCUT2D eigenvalue weighted by Crippen LogP contribution is -1.88. The van der Waals surface area contributed by atoms with E-state index in [-0.39, 0.29) is 0 Å². The number of hydrogen-bond donors (Lipinski definition) is 0. The van der Waals surface area contributed by atoms with Crippen LogP contribution in [0.2, 0.25) is 0 Å². The Morgan fingerprint density at radius 2 is 1.30 bits per heavy atom. The molecule has 98 valence electrons. The lowest BCUT2D eigenvalue weighted by molar-refractivity contribution is 0.415. The highest BCUT2D eigenvalue weighted by atomic mass is 16.5. The van der Waals surface area contributed by atoms with Crippen molar-refractivity contribution in [3.8, 4) is 28.0 Å². The molecule has 3 rings (SSSR count). The highest BCUT2D eigenvalue weighted by Gasteiger charge is 2.05. The highest BCUT2D eigenvalue weighted by Crippen LogP contribution is 2.30. The Kier molecular flexibility index (Phi) is 3.42. The van der Waals surface area contributed by atoms with Crippen LogP contribution < -0.4 is 4.74 Å². The molecule has 0 aliphatic carbocycles. The number of methoxy groups -OCH3 is 1. The molecule has 0 aliphatic rings. The minimum Gasteiger partial charge on any atom is -0.497 e. The van der Waals surface area contributed by atoms with E-state index in [0.29, 0.717) is 0 Å². The normalized spacial score (nSPS) is 10.2. The summed E-state index contributed by atoms with van der Waals surface area (Å²) in [5.74, 6) is 0.824. The monoisotopic (exact) mass is 262 g/mol. The third kappa shape index (κ3) is 2.52. The van der Waals surface area contributed by atoms with E-state index in [1.165, 1.54) is 0 Å². The van der Waals surface area contributed by atoms with Crippen LogP contribution in [0.25, 0.3) is 22.3 Å². The smallest absolute Gasteiger partial charge is 0.120 e. The first-order chi connectivity index (χ1) is 9.86. The van der Waals surface area contributed by atoms with Gasteiger partial charge in [-0.05, 0) is 41.5 Å². The number of benzene rings is 1. The van der Waals surface area contributed by atoms with Gasteiger partial charge in [0.2, 0.25) is 0 Å². The molecular formula is C17H14N2O. The van der Waals surface area contributed by atoms with E-state index in [0.717, 1.165) is 28.0 Å². The Morgan fingerprint density at radius 3 is 1.70 bits per heavy atom. The number of aromatic nitrogens is 2. The Labute approximate surface area is 117 Å². The summed E-state index contributed by atoms with van der Waals surface area (Å²) in [6.45, 7) is 0. The van der Waals surface area contributed by atoms with Crippen LogP contribution in [-0.4, -0.2) is 17.1 Å².